The first-order chi connectivity index (χ1) is 17.7. The molecule has 0 spiro atoms. The standard InChI is InChI=1S/C26H19N3O7P/c30-26(19-7-2-1-3-8-19)18-37(23-12-4-9-20(15-23)27(31)32,24-13-5-10-21(16-24)28(33)34)25-14-6-11-22(17-25)29(35)36/h1-17H,18H2/q+1. The lowest BCUT2D eigenvalue weighted by molar-refractivity contribution is -0.384. The van der Waals surface area contributed by atoms with Crippen molar-refractivity contribution < 1.29 is 19.6 Å². The molecule has 0 fully saturated rings. The summed E-state index contributed by atoms with van der Waals surface area (Å²) < 4.78 is 0. The van der Waals surface area contributed by atoms with Crippen molar-refractivity contribution in [1.29, 1.82) is 0 Å². The molecule has 4 aromatic rings. The van der Waals surface area contributed by atoms with E-state index in [9.17, 15) is 35.1 Å². The van der Waals surface area contributed by atoms with Crippen LogP contribution in [0.3, 0.4) is 0 Å². The fourth-order valence-corrected chi connectivity index (χ4v) is 8.32. The van der Waals surface area contributed by atoms with Gasteiger partial charge in [0.05, 0.1) is 33.0 Å². The van der Waals surface area contributed by atoms with Gasteiger partial charge in [0.2, 0.25) is 5.78 Å². The summed E-state index contributed by atoms with van der Waals surface area (Å²) in [4.78, 5) is 46.9. The highest BCUT2D eigenvalue weighted by Crippen LogP contribution is 2.56. The maximum Gasteiger partial charge on any atom is 0.273 e. The van der Waals surface area contributed by atoms with Gasteiger partial charge >= 0.3 is 0 Å². The van der Waals surface area contributed by atoms with Crippen LogP contribution in [0.15, 0.2) is 103 Å². The summed E-state index contributed by atoms with van der Waals surface area (Å²) >= 11 is 0. The predicted octanol–water partition coefficient (Wildman–Crippen LogP) is 4.59. The second kappa shape index (κ2) is 10.4. The molecular formula is C26H19N3O7P+. The Bertz CT molecular complexity index is 1390. The number of nitro benzene ring substituents is 3. The van der Waals surface area contributed by atoms with Crippen molar-refractivity contribution in [2.24, 2.45) is 0 Å². The molecular weight excluding hydrogens is 497 g/mol. The van der Waals surface area contributed by atoms with Gasteiger partial charge in [0, 0.05) is 23.8 Å². The molecule has 184 valence electrons. The lowest BCUT2D eigenvalue weighted by atomic mass is 10.2. The Kier molecular flexibility index (Phi) is 7.13. The molecule has 4 rings (SSSR count). The first-order valence-corrected chi connectivity index (χ1v) is 12.9. The Morgan fingerprint density at radius 3 is 1.30 bits per heavy atom. The summed E-state index contributed by atoms with van der Waals surface area (Å²) in [6, 6.07) is 25.6. The van der Waals surface area contributed by atoms with Gasteiger partial charge in [-0.3, -0.25) is 35.1 Å². The fourth-order valence-electron chi connectivity index (χ4n) is 4.18. The van der Waals surface area contributed by atoms with Crippen LogP contribution < -0.4 is 15.9 Å². The first-order valence-electron chi connectivity index (χ1n) is 10.9. The quantitative estimate of drug-likeness (QED) is 0.137. The van der Waals surface area contributed by atoms with Gasteiger partial charge in [-0.05, 0) is 18.2 Å². The Morgan fingerprint density at radius 2 is 0.946 bits per heavy atom. The molecule has 37 heavy (non-hydrogen) atoms. The lowest BCUT2D eigenvalue weighted by Crippen LogP contribution is -2.36. The van der Waals surface area contributed by atoms with E-state index in [4.69, 9.17) is 0 Å². The van der Waals surface area contributed by atoms with Crippen LogP contribution >= 0.6 is 7.26 Å². The van der Waals surface area contributed by atoms with E-state index in [0.717, 1.165) is 0 Å². The van der Waals surface area contributed by atoms with Crippen LogP contribution in [0.2, 0.25) is 0 Å². The van der Waals surface area contributed by atoms with Gasteiger partial charge in [0.15, 0.2) is 0 Å². The number of non-ortho nitro benzene ring substituents is 3. The third-order valence-corrected chi connectivity index (χ3v) is 10.2. The first kappa shape index (κ1) is 25.3. The third-order valence-electron chi connectivity index (χ3n) is 5.92. The second-order valence-corrected chi connectivity index (χ2v) is 11.6. The van der Waals surface area contributed by atoms with Gasteiger partial charge in [-0.2, -0.15) is 0 Å². The molecule has 0 aliphatic rings. The number of hydrogen-bond acceptors (Lipinski definition) is 7. The summed E-state index contributed by atoms with van der Waals surface area (Å²) in [6.07, 6.45) is -0.194. The van der Waals surface area contributed by atoms with Crippen molar-refractivity contribution in [2.75, 3.05) is 6.16 Å². The minimum absolute atomic E-state index is 0.194. The molecule has 0 saturated heterocycles. The van der Waals surface area contributed by atoms with Crippen LogP contribution in [-0.2, 0) is 0 Å². The van der Waals surface area contributed by atoms with Gasteiger partial charge in [-0.15, -0.1) is 0 Å². The van der Waals surface area contributed by atoms with Crippen LogP contribution in [0.4, 0.5) is 17.1 Å². The van der Waals surface area contributed by atoms with Crippen molar-refractivity contribution in [2.45, 2.75) is 0 Å². The van der Waals surface area contributed by atoms with E-state index >= 15 is 0 Å². The van der Waals surface area contributed by atoms with Crippen LogP contribution in [0.1, 0.15) is 10.4 Å². The Balaban J connectivity index is 2.10. The highest BCUT2D eigenvalue weighted by Gasteiger charge is 2.49. The summed E-state index contributed by atoms with van der Waals surface area (Å²) in [7, 11) is -3.24. The van der Waals surface area contributed by atoms with Gasteiger partial charge < -0.3 is 0 Å². The van der Waals surface area contributed by atoms with E-state index in [0.29, 0.717) is 21.5 Å². The normalized spacial score (nSPS) is 11.0. The van der Waals surface area contributed by atoms with E-state index in [-0.39, 0.29) is 29.0 Å². The lowest BCUT2D eigenvalue weighted by Gasteiger charge is -2.26. The summed E-state index contributed by atoms with van der Waals surface area (Å²) in [6.45, 7) is 0. The molecule has 0 heterocycles. The highest BCUT2D eigenvalue weighted by atomic mass is 31.2. The van der Waals surface area contributed by atoms with Crippen LogP contribution in [0.5, 0.6) is 0 Å². The molecule has 0 saturated carbocycles. The van der Waals surface area contributed by atoms with Crippen LogP contribution in [-0.4, -0.2) is 26.7 Å². The van der Waals surface area contributed by atoms with Crippen LogP contribution in [0, 0.1) is 30.3 Å². The number of benzene rings is 4. The molecule has 0 amide bonds. The number of carbonyl (C=O) groups is 1. The molecule has 0 N–H and O–H groups in total. The van der Waals surface area contributed by atoms with Gasteiger partial charge in [-0.1, -0.05) is 48.5 Å². The molecule has 0 bridgehead atoms. The molecule has 0 atom stereocenters. The molecule has 10 nitrogen and oxygen atoms in total. The minimum Gasteiger partial charge on any atom is -0.290 e. The summed E-state index contributed by atoms with van der Waals surface area (Å²) in [5.41, 5.74) is -0.312. The maximum atomic E-state index is 13.7. The number of ketones is 1. The maximum absolute atomic E-state index is 13.7. The van der Waals surface area contributed by atoms with Crippen molar-refractivity contribution in [1.82, 2.24) is 0 Å². The average molecular weight is 516 g/mol. The Hall–Kier alpha value is -4.82. The molecule has 0 aliphatic carbocycles. The Labute approximate surface area is 211 Å². The molecule has 4 aromatic carbocycles. The zero-order valence-corrected chi connectivity index (χ0v) is 20.1. The SMILES string of the molecule is O=C(C[P+](c1cccc([N+](=O)[O-])c1)(c1cccc([N+](=O)[O-])c1)c1cccc([N+](=O)[O-])c1)c1ccccc1. The number of rotatable bonds is 9. The van der Waals surface area contributed by atoms with Gasteiger partial charge in [0.25, 0.3) is 17.1 Å². The summed E-state index contributed by atoms with van der Waals surface area (Å²) in [5, 5.41) is 36.2. The zero-order valence-electron chi connectivity index (χ0n) is 19.2. The zero-order chi connectivity index (χ0) is 26.6. The Morgan fingerprint density at radius 1 is 0.568 bits per heavy atom. The predicted molar refractivity (Wildman–Crippen MR) is 141 cm³/mol. The minimum atomic E-state index is -3.24. The van der Waals surface area contributed by atoms with Crippen LogP contribution in [0.25, 0.3) is 0 Å². The summed E-state index contributed by atoms with van der Waals surface area (Å²) in [5.74, 6) is -0.307. The van der Waals surface area contributed by atoms with E-state index in [2.05, 4.69) is 0 Å². The van der Waals surface area contributed by atoms with E-state index in [1.807, 2.05) is 0 Å². The second-order valence-electron chi connectivity index (χ2n) is 8.09. The molecule has 0 aromatic heterocycles. The van der Waals surface area contributed by atoms with E-state index < -0.39 is 22.0 Å². The molecule has 11 heteroatoms. The van der Waals surface area contributed by atoms with Gasteiger partial charge in [0.1, 0.15) is 29.3 Å². The van der Waals surface area contributed by atoms with Crippen molar-refractivity contribution in [3.63, 3.8) is 0 Å². The fraction of sp³-hybridized carbons (Fsp3) is 0.0385. The third kappa shape index (κ3) is 5.10. The number of nitro groups is 3. The average Bonchev–Trinajstić information content (AvgIpc) is 2.92. The molecule has 0 aliphatic heterocycles. The van der Waals surface area contributed by atoms with E-state index in [1.165, 1.54) is 54.6 Å². The van der Waals surface area contributed by atoms with Crippen molar-refractivity contribution >= 4 is 46.0 Å². The topological polar surface area (TPSA) is 146 Å². The van der Waals surface area contributed by atoms with E-state index in [1.54, 1.807) is 48.5 Å². The smallest absolute Gasteiger partial charge is 0.273 e. The number of Topliss-reactive ketones (excluding diaryl/α,β-unsaturated/α-hetero) is 1. The van der Waals surface area contributed by atoms with Crippen molar-refractivity contribution in [3.8, 4) is 0 Å². The molecule has 0 unspecified atom stereocenters. The highest BCUT2D eigenvalue weighted by molar-refractivity contribution is 7.96. The largest absolute Gasteiger partial charge is 0.290 e. The molecule has 0 radical (unpaired) electrons. The monoisotopic (exact) mass is 516 g/mol. The number of carbonyl (C=O) groups excluding carboxylic acids is 1. The number of hydrogen-bond donors (Lipinski definition) is 0. The van der Waals surface area contributed by atoms with Crippen molar-refractivity contribution in [3.05, 3.63) is 139 Å². The van der Waals surface area contributed by atoms with Gasteiger partial charge in [-0.25, -0.2) is 0 Å². The number of nitrogens with zero attached hydrogens (tertiary/aromatic N) is 3.